The number of unbranched alkanes of at least 4 members (excludes halogenated alkanes) is 1. The van der Waals surface area contributed by atoms with Gasteiger partial charge in [0.2, 0.25) is 0 Å². The van der Waals surface area contributed by atoms with E-state index < -0.39 is 6.10 Å². The molecule has 0 aromatic rings. The summed E-state index contributed by atoms with van der Waals surface area (Å²) in [5, 5.41) is 11.1. The van der Waals surface area contributed by atoms with Crippen LogP contribution in [0.4, 0.5) is 0 Å². The van der Waals surface area contributed by atoms with E-state index >= 15 is 0 Å². The quantitative estimate of drug-likeness (QED) is 0.119. The normalized spacial score (nSPS) is 30.7. The Hall–Kier alpha value is -1.69. The molecule has 8 atom stereocenters. The van der Waals surface area contributed by atoms with Crippen LogP contribution in [0.5, 0.6) is 0 Å². The first-order chi connectivity index (χ1) is 19.5. The zero-order valence-electron chi connectivity index (χ0n) is 24.9. The average Bonchev–Trinajstić information content (AvgIpc) is 3.26. The largest absolute Gasteiger partial charge is 0.469 e. The van der Waals surface area contributed by atoms with Crippen molar-refractivity contribution in [2.45, 2.75) is 128 Å². The number of aliphatic hydroxyl groups excluding tert-OH is 1. The Labute approximate surface area is 242 Å². The van der Waals surface area contributed by atoms with E-state index in [1.807, 2.05) is 0 Å². The topological polar surface area (TPSA) is 83.5 Å². The molecule has 0 aromatic heterocycles. The monoisotopic (exact) mass is 560 g/mol. The van der Waals surface area contributed by atoms with Crippen LogP contribution in [0.15, 0.2) is 24.3 Å². The van der Waals surface area contributed by atoms with Crippen LogP contribution in [0.1, 0.15) is 97.3 Å². The maximum atomic E-state index is 11.4. The number of carbonyl (C=O) groups excluding carboxylic acids is 1. The van der Waals surface area contributed by atoms with Gasteiger partial charge in [0.05, 0.1) is 25.4 Å². The van der Waals surface area contributed by atoms with Gasteiger partial charge in [-0.05, 0) is 69.6 Å². The predicted molar refractivity (Wildman–Crippen MR) is 155 cm³/mol. The highest BCUT2D eigenvalue weighted by Crippen LogP contribution is 2.40. The summed E-state index contributed by atoms with van der Waals surface area (Å²) in [6, 6.07) is 0. The van der Waals surface area contributed by atoms with Gasteiger partial charge >= 0.3 is 5.97 Å². The van der Waals surface area contributed by atoms with Gasteiger partial charge in [0.15, 0.2) is 12.6 Å². The van der Waals surface area contributed by atoms with Crippen molar-refractivity contribution in [2.75, 3.05) is 20.3 Å². The van der Waals surface area contributed by atoms with Crippen LogP contribution in [0, 0.1) is 29.6 Å². The van der Waals surface area contributed by atoms with Crippen molar-refractivity contribution in [3.63, 3.8) is 0 Å². The number of esters is 1. The van der Waals surface area contributed by atoms with Crippen LogP contribution in [0.25, 0.3) is 0 Å². The Balaban J connectivity index is 1.72. The van der Waals surface area contributed by atoms with E-state index in [9.17, 15) is 9.90 Å². The molecule has 2 heterocycles. The number of methoxy groups -OCH3 is 1. The van der Waals surface area contributed by atoms with E-state index in [-0.39, 0.29) is 48.5 Å². The van der Waals surface area contributed by atoms with Crippen LogP contribution < -0.4 is 0 Å². The zero-order valence-corrected chi connectivity index (χ0v) is 24.9. The van der Waals surface area contributed by atoms with E-state index in [2.05, 4.69) is 50.0 Å². The molecule has 3 unspecified atom stereocenters. The molecule has 1 aliphatic carbocycles. The summed E-state index contributed by atoms with van der Waals surface area (Å²) in [4.78, 5) is 11.4. The minimum atomic E-state index is -0.461. The van der Waals surface area contributed by atoms with E-state index in [4.69, 9.17) is 23.7 Å². The van der Waals surface area contributed by atoms with Crippen molar-refractivity contribution in [2.24, 2.45) is 17.8 Å². The Morgan fingerprint density at radius 2 is 1.82 bits per heavy atom. The lowest BCUT2D eigenvalue weighted by atomic mass is 9.88. The minimum absolute atomic E-state index is 0.0310. The molecule has 0 spiro atoms. The smallest absolute Gasteiger partial charge is 0.305 e. The van der Waals surface area contributed by atoms with Crippen LogP contribution >= 0.6 is 0 Å². The Kier molecular flexibility index (Phi) is 15.3. The number of ether oxygens (including phenoxy) is 5. The summed E-state index contributed by atoms with van der Waals surface area (Å²) < 4.78 is 29.5. The fourth-order valence-electron chi connectivity index (χ4n) is 5.76. The minimum Gasteiger partial charge on any atom is -0.469 e. The van der Waals surface area contributed by atoms with Crippen molar-refractivity contribution in [3.05, 3.63) is 24.3 Å². The SMILES string of the molecule is CCC#CCC(C)[C@@H](/C=C/[C@@H]1[C@@H](C/C=C\CCCC(=O)OC)[C@@H](O)C[C@H]1OC1CCCCO1)OC1CCCCO1. The number of hydrogen-bond donors (Lipinski definition) is 1. The molecule has 2 aliphatic heterocycles. The van der Waals surface area contributed by atoms with Gasteiger partial charge in [-0.2, -0.15) is 0 Å². The third kappa shape index (κ3) is 11.3. The molecule has 226 valence electrons. The number of allylic oxidation sites excluding steroid dienone is 2. The van der Waals surface area contributed by atoms with Gasteiger partial charge in [-0.15, -0.1) is 11.8 Å². The van der Waals surface area contributed by atoms with Crippen LogP contribution in [-0.4, -0.2) is 62.3 Å². The molecule has 7 nitrogen and oxygen atoms in total. The fraction of sp³-hybridized carbons (Fsp3) is 0.788. The molecule has 0 amide bonds. The second-order valence-electron chi connectivity index (χ2n) is 11.4. The first-order valence-corrected chi connectivity index (χ1v) is 15.6. The summed E-state index contributed by atoms with van der Waals surface area (Å²) in [5.41, 5.74) is 0. The van der Waals surface area contributed by atoms with E-state index in [1.165, 1.54) is 7.11 Å². The van der Waals surface area contributed by atoms with Gasteiger partial charge in [-0.1, -0.05) is 38.2 Å². The lowest BCUT2D eigenvalue weighted by Crippen LogP contribution is -2.32. The third-order valence-electron chi connectivity index (χ3n) is 8.17. The van der Waals surface area contributed by atoms with E-state index in [0.717, 1.165) is 83.8 Å². The molecule has 3 fully saturated rings. The molecule has 0 aromatic carbocycles. The van der Waals surface area contributed by atoms with Gasteiger partial charge in [0.1, 0.15) is 0 Å². The van der Waals surface area contributed by atoms with E-state index in [1.54, 1.807) is 0 Å². The van der Waals surface area contributed by atoms with Crippen LogP contribution in [0.2, 0.25) is 0 Å². The highest BCUT2D eigenvalue weighted by molar-refractivity contribution is 5.69. The highest BCUT2D eigenvalue weighted by atomic mass is 16.7. The van der Waals surface area contributed by atoms with Gasteiger partial charge in [0, 0.05) is 44.8 Å². The van der Waals surface area contributed by atoms with Crippen molar-refractivity contribution in [1.29, 1.82) is 0 Å². The fourth-order valence-corrected chi connectivity index (χ4v) is 5.76. The second-order valence-corrected chi connectivity index (χ2v) is 11.4. The average molecular weight is 561 g/mol. The summed E-state index contributed by atoms with van der Waals surface area (Å²) >= 11 is 0. The third-order valence-corrected chi connectivity index (χ3v) is 8.17. The van der Waals surface area contributed by atoms with E-state index in [0.29, 0.717) is 12.8 Å². The first kappa shape index (κ1) is 32.8. The molecule has 2 saturated heterocycles. The summed E-state index contributed by atoms with van der Waals surface area (Å²) in [7, 11) is 1.42. The second kappa shape index (κ2) is 18.7. The van der Waals surface area contributed by atoms with Crippen LogP contribution in [0.3, 0.4) is 0 Å². The molecule has 40 heavy (non-hydrogen) atoms. The number of hydrogen-bond acceptors (Lipinski definition) is 7. The molecular weight excluding hydrogens is 508 g/mol. The molecule has 3 rings (SSSR count). The Morgan fingerprint density at radius 1 is 1.07 bits per heavy atom. The highest BCUT2D eigenvalue weighted by Gasteiger charge is 2.42. The zero-order chi connectivity index (χ0) is 28.6. The molecule has 3 aliphatic rings. The maximum Gasteiger partial charge on any atom is 0.305 e. The maximum absolute atomic E-state index is 11.4. The Bertz CT molecular complexity index is 831. The van der Waals surface area contributed by atoms with Gasteiger partial charge in [0.25, 0.3) is 0 Å². The number of aliphatic hydroxyl groups is 1. The van der Waals surface area contributed by atoms with Crippen molar-refractivity contribution < 1.29 is 33.6 Å². The Morgan fingerprint density at radius 3 is 2.50 bits per heavy atom. The van der Waals surface area contributed by atoms with Gasteiger partial charge in [-0.25, -0.2) is 0 Å². The molecule has 1 N–H and O–H groups in total. The summed E-state index contributed by atoms with van der Waals surface area (Å²) in [5.74, 6) is 6.57. The van der Waals surface area contributed by atoms with Crippen LogP contribution in [-0.2, 0) is 28.5 Å². The summed E-state index contributed by atoms with van der Waals surface area (Å²) in [6.07, 6.45) is 18.6. The molecule has 7 heteroatoms. The molecule has 0 bridgehead atoms. The molecule has 1 saturated carbocycles. The summed E-state index contributed by atoms with van der Waals surface area (Å²) in [6.45, 7) is 5.72. The van der Waals surface area contributed by atoms with Gasteiger partial charge < -0.3 is 28.8 Å². The predicted octanol–water partition coefficient (Wildman–Crippen LogP) is 6.09. The number of rotatable bonds is 14. The molecular formula is C33H52O7. The van der Waals surface area contributed by atoms with Crippen molar-refractivity contribution in [1.82, 2.24) is 0 Å². The van der Waals surface area contributed by atoms with Gasteiger partial charge in [-0.3, -0.25) is 4.79 Å². The number of carbonyl (C=O) groups is 1. The standard InChI is InChI=1S/C33H52O7/c1-4-5-8-15-25(2)29(39-32-18-11-13-22-37-32)21-20-27-26(16-9-6-7-10-17-31(35)36-3)28(34)24-30(27)40-33-19-12-14-23-38-33/h6,9,20-21,25-30,32-34H,4,7,10-19,22-24H2,1-3H3/b9-6-,21-20+/t25?,26-,27-,28+,29-,30-,32?,33?/m1/s1. The first-order valence-electron chi connectivity index (χ1n) is 15.6. The molecule has 0 radical (unpaired) electrons. The lowest BCUT2D eigenvalue weighted by Gasteiger charge is -2.31. The lowest BCUT2D eigenvalue weighted by molar-refractivity contribution is -0.193. The van der Waals surface area contributed by atoms with Crippen molar-refractivity contribution >= 4 is 5.97 Å². The van der Waals surface area contributed by atoms with Crippen molar-refractivity contribution in [3.8, 4) is 11.8 Å².